The summed E-state index contributed by atoms with van der Waals surface area (Å²) in [5, 5.41) is 9.08. The smallest absolute Gasteiger partial charge is 0.310 e. The topological polar surface area (TPSA) is 67.2 Å². The van der Waals surface area contributed by atoms with Gasteiger partial charge in [-0.3, -0.25) is 9.59 Å². The molecule has 4 nitrogen and oxygen atoms in total. The molecule has 1 aromatic rings. The molecule has 0 fully saturated rings. The monoisotopic (exact) mass is 245 g/mol. The highest BCUT2D eigenvalue weighted by atomic mass is 16.5. The molecular weight excluding hydrogens is 230 g/mol. The quantitative estimate of drug-likeness (QED) is 0.588. The number of ether oxygens (including phenoxy) is 1. The molecule has 0 atom stereocenters. The van der Waals surface area contributed by atoms with Crippen LogP contribution in [-0.2, 0) is 22.4 Å². The van der Waals surface area contributed by atoms with E-state index in [1.165, 1.54) is 6.07 Å². The average Bonchev–Trinajstić information content (AvgIpc) is 2.39. The van der Waals surface area contributed by atoms with Gasteiger partial charge in [0.25, 0.3) is 0 Å². The van der Waals surface area contributed by atoms with Crippen LogP contribution in [0.5, 0.6) is 0 Å². The molecule has 94 valence electrons. The number of carbonyl (C=O) groups excluding carboxylic acids is 2. The van der Waals surface area contributed by atoms with Crippen molar-refractivity contribution in [2.75, 3.05) is 6.61 Å². The zero-order valence-electron chi connectivity index (χ0n) is 10.5. The van der Waals surface area contributed by atoms with Gasteiger partial charge >= 0.3 is 5.97 Å². The first-order valence-corrected chi connectivity index (χ1v) is 5.82. The molecule has 1 rings (SSSR count). The van der Waals surface area contributed by atoms with Crippen LogP contribution in [-0.4, -0.2) is 18.9 Å². The van der Waals surface area contributed by atoms with E-state index in [4.69, 9.17) is 10.00 Å². The Morgan fingerprint density at radius 3 is 2.67 bits per heavy atom. The SMILES string of the molecule is CCOC(=O)Cc1c(C#N)cc(C=O)cc1CC. The van der Waals surface area contributed by atoms with E-state index >= 15 is 0 Å². The fourth-order valence-corrected chi connectivity index (χ4v) is 1.81. The maximum absolute atomic E-state index is 11.5. The van der Waals surface area contributed by atoms with E-state index in [1.807, 2.05) is 13.0 Å². The lowest BCUT2D eigenvalue weighted by Gasteiger charge is -2.10. The third-order valence-electron chi connectivity index (χ3n) is 2.63. The number of nitrogens with zero attached hydrogens (tertiary/aromatic N) is 1. The number of carbonyl (C=O) groups is 2. The predicted molar refractivity (Wildman–Crippen MR) is 66.3 cm³/mol. The third-order valence-corrected chi connectivity index (χ3v) is 2.63. The second-order valence-corrected chi connectivity index (χ2v) is 3.77. The van der Waals surface area contributed by atoms with Crippen molar-refractivity contribution in [2.24, 2.45) is 0 Å². The lowest BCUT2D eigenvalue weighted by Crippen LogP contribution is -2.11. The van der Waals surface area contributed by atoms with Crippen LogP contribution in [0.25, 0.3) is 0 Å². The Hall–Kier alpha value is -2.15. The van der Waals surface area contributed by atoms with E-state index < -0.39 is 0 Å². The lowest BCUT2D eigenvalue weighted by atomic mass is 9.94. The summed E-state index contributed by atoms with van der Waals surface area (Å²) in [5.74, 6) is -0.359. The van der Waals surface area contributed by atoms with Crippen LogP contribution in [0.15, 0.2) is 12.1 Å². The van der Waals surface area contributed by atoms with Crippen LogP contribution >= 0.6 is 0 Å². The number of hydrogen-bond donors (Lipinski definition) is 0. The summed E-state index contributed by atoms with van der Waals surface area (Å²) in [7, 11) is 0. The van der Waals surface area contributed by atoms with E-state index in [-0.39, 0.29) is 12.4 Å². The number of hydrogen-bond acceptors (Lipinski definition) is 4. The molecule has 0 spiro atoms. The Labute approximate surface area is 106 Å². The van der Waals surface area contributed by atoms with Gasteiger partial charge in [0.15, 0.2) is 0 Å². The van der Waals surface area contributed by atoms with Crippen molar-refractivity contribution in [3.63, 3.8) is 0 Å². The van der Waals surface area contributed by atoms with Gasteiger partial charge in [-0.25, -0.2) is 0 Å². The first kappa shape index (κ1) is 13.9. The first-order chi connectivity index (χ1) is 8.65. The van der Waals surface area contributed by atoms with Crippen LogP contribution in [0, 0.1) is 11.3 Å². The fraction of sp³-hybridized carbons (Fsp3) is 0.357. The first-order valence-electron chi connectivity index (χ1n) is 5.82. The number of benzene rings is 1. The maximum atomic E-state index is 11.5. The van der Waals surface area contributed by atoms with E-state index in [9.17, 15) is 9.59 Å². The van der Waals surface area contributed by atoms with E-state index in [0.29, 0.717) is 36.0 Å². The molecule has 0 amide bonds. The highest BCUT2D eigenvalue weighted by Crippen LogP contribution is 2.18. The zero-order chi connectivity index (χ0) is 13.5. The standard InChI is InChI=1S/C14H15NO3/c1-3-11-5-10(9-16)6-12(8-15)13(11)7-14(17)18-4-2/h5-6,9H,3-4,7H2,1-2H3. The van der Waals surface area contributed by atoms with Gasteiger partial charge < -0.3 is 4.74 Å². The van der Waals surface area contributed by atoms with Crippen LogP contribution < -0.4 is 0 Å². The van der Waals surface area contributed by atoms with Crippen molar-refractivity contribution in [1.29, 1.82) is 5.26 Å². The summed E-state index contributed by atoms with van der Waals surface area (Å²) < 4.78 is 4.88. The average molecular weight is 245 g/mol. The summed E-state index contributed by atoms with van der Waals surface area (Å²) in [5.41, 5.74) is 2.31. The van der Waals surface area contributed by atoms with Crippen molar-refractivity contribution >= 4 is 12.3 Å². The van der Waals surface area contributed by atoms with Gasteiger partial charge in [-0.1, -0.05) is 6.92 Å². The number of rotatable bonds is 5. The van der Waals surface area contributed by atoms with Crippen molar-refractivity contribution in [2.45, 2.75) is 26.7 Å². The summed E-state index contributed by atoms with van der Waals surface area (Å²) in [6.45, 7) is 3.97. The molecule has 0 N–H and O–H groups in total. The fourth-order valence-electron chi connectivity index (χ4n) is 1.81. The molecule has 0 aliphatic heterocycles. The van der Waals surface area contributed by atoms with Crippen LogP contribution in [0.4, 0.5) is 0 Å². The molecule has 18 heavy (non-hydrogen) atoms. The number of aryl methyl sites for hydroxylation is 1. The maximum Gasteiger partial charge on any atom is 0.310 e. The Morgan fingerprint density at radius 2 is 2.17 bits per heavy atom. The summed E-state index contributed by atoms with van der Waals surface area (Å²) in [6.07, 6.45) is 1.43. The van der Waals surface area contributed by atoms with Gasteiger partial charge in [-0.05, 0) is 36.6 Å². The van der Waals surface area contributed by atoms with Crippen molar-refractivity contribution < 1.29 is 14.3 Å². The van der Waals surface area contributed by atoms with Gasteiger partial charge in [0.1, 0.15) is 6.29 Å². The Morgan fingerprint density at radius 1 is 1.44 bits per heavy atom. The van der Waals surface area contributed by atoms with Crippen LogP contribution in [0.3, 0.4) is 0 Å². The Bertz CT molecular complexity index is 500. The molecule has 1 aromatic carbocycles. The minimum absolute atomic E-state index is 0.0685. The van der Waals surface area contributed by atoms with Gasteiger partial charge in [0.2, 0.25) is 0 Å². The molecule has 0 saturated carbocycles. The molecule has 0 heterocycles. The molecule has 0 aliphatic rings. The zero-order valence-corrected chi connectivity index (χ0v) is 10.5. The number of nitriles is 1. The Balaban J connectivity index is 3.19. The van der Waals surface area contributed by atoms with E-state index in [2.05, 4.69) is 0 Å². The molecule has 4 heteroatoms. The lowest BCUT2D eigenvalue weighted by molar-refractivity contribution is -0.142. The normalized spacial score (nSPS) is 9.61. The summed E-state index contributed by atoms with van der Waals surface area (Å²) in [4.78, 5) is 22.3. The minimum Gasteiger partial charge on any atom is -0.466 e. The molecule has 0 radical (unpaired) electrons. The predicted octanol–water partition coefficient (Wildman–Crippen LogP) is 2.04. The molecule has 0 aliphatic carbocycles. The van der Waals surface area contributed by atoms with Gasteiger partial charge in [0, 0.05) is 5.56 Å². The van der Waals surface area contributed by atoms with Crippen molar-refractivity contribution in [3.05, 3.63) is 34.4 Å². The van der Waals surface area contributed by atoms with Gasteiger partial charge in [-0.15, -0.1) is 0 Å². The second-order valence-electron chi connectivity index (χ2n) is 3.77. The molecule has 0 aromatic heterocycles. The Kier molecular flexibility index (Phi) is 5.06. The molecule has 0 bridgehead atoms. The van der Waals surface area contributed by atoms with E-state index in [0.717, 1.165) is 5.56 Å². The van der Waals surface area contributed by atoms with E-state index in [1.54, 1.807) is 13.0 Å². The molecule has 0 unspecified atom stereocenters. The van der Waals surface area contributed by atoms with Gasteiger partial charge in [-0.2, -0.15) is 5.26 Å². The van der Waals surface area contributed by atoms with Gasteiger partial charge in [0.05, 0.1) is 24.7 Å². The molecular formula is C14H15NO3. The van der Waals surface area contributed by atoms with Crippen molar-refractivity contribution in [3.8, 4) is 6.07 Å². The van der Waals surface area contributed by atoms with Crippen molar-refractivity contribution in [1.82, 2.24) is 0 Å². The van der Waals surface area contributed by atoms with Crippen LogP contribution in [0.2, 0.25) is 0 Å². The van der Waals surface area contributed by atoms with Crippen LogP contribution in [0.1, 0.15) is 40.9 Å². The third kappa shape index (κ3) is 3.17. The highest BCUT2D eigenvalue weighted by Gasteiger charge is 2.14. The summed E-state index contributed by atoms with van der Waals surface area (Å²) in [6, 6.07) is 5.24. The number of aldehydes is 1. The summed E-state index contributed by atoms with van der Waals surface area (Å²) >= 11 is 0. The minimum atomic E-state index is -0.359. The molecule has 0 saturated heterocycles. The number of esters is 1. The largest absolute Gasteiger partial charge is 0.466 e. The highest BCUT2D eigenvalue weighted by molar-refractivity contribution is 5.79. The second kappa shape index (κ2) is 6.55.